The molecular formula is C77H104N5O15S3+. The van der Waals surface area contributed by atoms with Gasteiger partial charge in [-0.15, -0.1) is 0 Å². The van der Waals surface area contributed by atoms with Crippen molar-refractivity contribution >= 4 is 76.7 Å². The molecule has 3 aliphatic rings. The van der Waals surface area contributed by atoms with Gasteiger partial charge in [0.2, 0.25) is 11.6 Å². The van der Waals surface area contributed by atoms with Crippen molar-refractivity contribution in [2.75, 3.05) is 30.3 Å². The monoisotopic (exact) mass is 1430 g/mol. The number of hydrogen-bond donors (Lipinski definition) is 6. The summed E-state index contributed by atoms with van der Waals surface area (Å²) in [6.07, 6.45) is 23.4. The number of nitrogens with zero attached hydrogens (tertiary/aromatic N) is 2. The number of allylic oxidation sites excluding steroid dienone is 7. The highest BCUT2D eigenvalue weighted by Gasteiger charge is 2.45. The summed E-state index contributed by atoms with van der Waals surface area (Å²) in [5, 5.41) is 8.18. The van der Waals surface area contributed by atoms with Crippen LogP contribution in [0.5, 0.6) is 5.75 Å². The highest BCUT2D eigenvalue weighted by Crippen LogP contribution is 2.49. The summed E-state index contributed by atoms with van der Waals surface area (Å²) in [7, 11) is -13.2. The largest absolute Gasteiger partial charge is 0.457 e. The number of carbonyl (C=O) groups is 5. The van der Waals surface area contributed by atoms with Gasteiger partial charge in [0.25, 0.3) is 30.4 Å². The zero-order valence-corrected chi connectivity index (χ0v) is 61.7. The summed E-state index contributed by atoms with van der Waals surface area (Å²) >= 11 is 0. The number of urea groups is 1. The SMILES string of the molecule is CCCCC[N+]1=C(/C=C/C2=C(Oc3ccc(CCCC(=O)[C@H](Cc4ccccc4)NC(=O)CCCCCCCCC(=O)CCCNC(=O)N[C@H](CC)C(=O)CCS(=O)(=O)O)cc3)C(=C/C=C3/N(CCCC)c4ccc(S(=O)(=O)O)cc4C3(C)C)/CCC2)C(C)(C)c2cc(S(=O)(=O)O)ccc21. The average molecular weight is 1440 g/mol. The van der Waals surface area contributed by atoms with E-state index >= 15 is 0 Å². The number of rotatable bonds is 41. The van der Waals surface area contributed by atoms with Crippen molar-refractivity contribution in [3.8, 4) is 5.75 Å². The van der Waals surface area contributed by atoms with Gasteiger partial charge in [0.1, 0.15) is 23.8 Å². The number of fused-ring (bicyclic) bond motifs is 2. The Hall–Kier alpha value is -7.41. The van der Waals surface area contributed by atoms with E-state index in [0.29, 0.717) is 82.4 Å². The van der Waals surface area contributed by atoms with Gasteiger partial charge >= 0.3 is 6.03 Å². The third-order valence-corrected chi connectivity index (χ3v) is 21.6. The normalized spacial score (nSPS) is 16.6. The van der Waals surface area contributed by atoms with Crippen LogP contribution in [0.3, 0.4) is 0 Å². The highest BCUT2D eigenvalue weighted by molar-refractivity contribution is 7.86. The number of carbonyl (C=O) groups excluding carboxylic acids is 5. The van der Waals surface area contributed by atoms with Crippen LogP contribution in [0, 0.1) is 0 Å². The van der Waals surface area contributed by atoms with Crippen LogP contribution in [-0.2, 0) is 73.2 Å². The lowest BCUT2D eigenvalue weighted by molar-refractivity contribution is -0.438. The van der Waals surface area contributed by atoms with Crippen molar-refractivity contribution in [3.05, 3.63) is 160 Å². The van der Waals surface area contributed by atoms with E-state index in [2.05, 4.69) is 91.3 Å². The molecule has 6 N–H and O–H groups in total. The summed E-state index contributed by atoms with van der Waals surface area (Å²) in [6, 6.07) is 25.0. The Bertz CT molecular complexity index is 4060. The Kier molecular flexibility index (Phi) is 29.5. The summed E-state index contributed by atoms with van der Waals surface area (Å²) in [5.41, 5.74) is 7.91. The van der Waals surface area contributed by atoms with Crippen molar-refractivity contribution in [1.82, 2.24) is 16.0 Å². The fourth-order valence-corrected chi connectivity index (χ4v) is 14.9. The molecule has 2 heterocycles. The van der Waals surface area contributed by atoms with Gasteiger partial charge in [0.15, 0.2) is 17.3 Å². The standard InChI is InChI=1S/C77H103N5O15S3/c1-8-11-22-50-82-68-44-42-62(100(94,95)96)54-64(68)77(6,7)72(82)46-38-58-30-24-29-57(37-45-71-76(4,5)63-53-61(99(91,92)93)41-43-67(63)81(71)49-12-9-2)74(58)97-60-39-35-55(36-40-60)28-23-33-69(84)66(52-56-26-18-17-19-27-56)79-73(86)34-21-16-14-13-15-20-31-59(83)32-25-48-78-75(87)80-65(10-3)70(85)47-51-98(88,89)90/h17-19,26-27,35-46,53-54,65-66H,8-16,20-25,28-34,47-52H2,1-7H3,(H5-,78,79,80,86,87,88,89,90,91,92,93,94,95,96)/p+1/t65-,66+/m1/s1. The van der Waals surface area contributed by atoms with Gasteiger partial charge in [-0.1, -0.05) is 122 Å². The molecule has 7 rings (SSSR count). The van der Waals surface area contributed by atoms with Gasteiger partial charge in [-0.05, 0) is 173 Å². The van der Waals surface area contributed by atoms with E-state index in [-0.39, 0.29) is 53.1 Å². The first-order chi connectivity index (χ1) is 47.4. The first-order valence-corrected chi connectivity index (χ1v) is 40.1. The van der Waals surface area contributed by atoms with E-state index < -0.39 is 77.3 Å². The quantitative estimate of drug-likeness (QED) is 0.0137. The Labute approximate surface area is 592 Å². The number of hydrogen-bond acceptors (Lipinski definition) is 13. The van der Waals surface area contributed by atoms with Crippen LogP contribution in [-0.4, -0.2) is 116 Å². The number of benzene rings is 4. The van der Waals surface area contributed by atoms with Crippen LogP contribution in [0.15, 0.2) is 148 Å². The second kappa shape index (κ2) is 37.0. The third kappa shape index (κ3) is 23.1. The minimum Gasteiger partial charge on any atom is -0.457 e. The Morgan fingerprint density at radius 1 is 0.620 bits per heavy atom. The molecule has 23 heteroatoms. The molecule has 4 aromatic carbocycles. The highest BCUT2D eigenvalue weighted by atomic mass is 32.2. The second-order valence-electron chi connectivity index (χ2n) is 27.6. The molecule has 2 aliphatic heterocycles. The lowest BCUT2D eigenvalue weighted by Crippen LogP contribution is -2.46. The topological polar surface area (TPSA) is 300 Å². The lowest BCUT2D eigenvalue weighted by Gasteiger charge is -2.27. The fraction of sp³-hybridized carbons (Fsp3) is 0.506. The Balaban J connectivity index is 0.985. The van der Waals surface area contributed by atoms with Crippen molar-refractivity contribution in [2.45, 2.75) is 235 Å². The van der Waals surface area contributed by atoms with Gasteiger partial charge in [-0.25, -0.2) is 4.79 Å². The first kappa shape index (κ1) is 79.9. The summed E-state index contributed by atoms with van der Waals surface area (Å²) in [6.45, 7) is 15.8. The maximum Gasteiger partial charge on any atom is 0.315 e. The molecule has 0 bridgehead atoms. The van der Waals surface area contributed by atoms with E-state index in [1.54, 1.807) is 31.2 Å². The Morgan fingerprint density at radius 3 is 1.92 bits per heavy atom. The van der Waals surface area contributed by atoms with Crippen LogP contribution < -0.4 is 25.6 Å². The zero-order chi connectivity index (χ0) is 72.8. The van der Waals surface area contributed by atoms with E-state index in [0.717, 1.165) is 127 Å². The number of unbranched alkanes of at least 4 members (excludes halogenated alkanes) is 8. The molecule has 20 nitrogen and oxygen atoms in total. The molecule has 0 radical (unpaired) electrons. The molecule has 0 spiro atoms. The average Bonchev–Trinajstić information content (AvgIpc) is 1.59. The van der Waals surface area contributed by atoms with Crippen LogP contribution in [0.4, 0.5) is 16.2 Å². The number of aryl methyl sites for hydroxylation is 1. The van der Waals surface area contributed by atoms with E-state index in [9.17, 15) is 58.3 Å². The van der Waals surface area contributed by atoms with Gasteiger partial charge < -0.3 is 25.6 Å². The van der Waals surface area contributed by atoms with Gasteiger partial charge in [-0.3, -0.25) is 32.8 Å². The summed E-state index contributed by atoms with van der Waals surface area (Å²) in [4.78, 5) is 66.5. The maximum atomic E-state index is 14.0. The molecule has 3 amide bonds. The number of ketones is 3. The number of ether oxygens (including phenoxy) is 1. The van der Waals surface area contributed by atoms with Crippen LogP contribution in [0.1, 0.15) is 212 Å². The van der Waals surface area contributed by atoms with Crippen molar-refractivity contribution < 1.29 is 72.2 Å². The third-order valence-electron chi connectivity index (χ3n) is 19.2. The molecule has 544 valence electrons. The van der Waals surface area contributed by atoms with Crippen LogP contribution in [0.25, 0.3) is 0 Å². The smallest absolute Gasteiger partial charge is 0.315 e. The molecule has 0 fully saturated rings. The first-order valence-electron chi connectivity index (χ1n) is 35.6. The molecule has 0 saturated heterocycles. The molecule has 0 saturated carbocycles. The van der Waals surface area contributed by atoms with Crippen molar-refractivity contribution in [1.29, 1.82) is 0 Å². The van der Waals surface area contributed by atoms with Gasteiger partial charge in [0, 0.05) is 86.1 Å². The second-order valence-corrected chi connectivity index (χ2v) is 32.0. The summed E-state index contributed by atoms with van der Waals surface area (Å²) in [5.74, 6) is -0.0531. The Morgan fingerprint density at radius 2 is 1.26 bits per heavy atom. The van der Waals surface area contributed by atoms with E-state index in [1.807, 2.05) is 54.6 Å². The molecule has 0 aromatic heterocycles. The number of amides is 3. The van der Waals surface area contributed by atoms with E-state index in [4.69, 9.17) is 9.29 Å². The molecule has 2 atom stereocenters. The van der Waals surface area contributed by atoms with Crippen molar-refractivity contribution in [2.24, 2.45) is 0 Å². The number of anilines is 1. The van der Waals surface area contributed by atoms with Crippen LogP contribution >= 0.6 is 0 Å². The summed E-state index contributed by atoms with van der Waals surface area (Å²) < 4.78 is 110. The predicted molar refractivity (Wildman–Crippen MR) is 391 cm³/mol. The molecule has 1 aliphatic carbocycles. The lowest BCUT2D eigenvalue weighted by atomic mass is 9.81. The number of Topliss-reactive ketones (excluding diaryl/α,β-unsaturated/α-hetero) is 3. The molecule has 0 unspecified atom stereocenters. The van der Waals surface area contributed by atoms with Gasteiger partial charge in [0.05, 0.1) is 33.0 Å². The minimum atomic E-state index is -4.46. The van der Waals surface area contributed by atoms with Crippen LogP contribution in [0.2, 0.25) is 0 Å². The molecular weight excluding hydrogens is 1330 g/mol. The molecule has 100 heavy (non-hydrogen) atoms. The van der Waals surface area contributed by atoms with E-state index in [1.165, 1.54) is 12.1 Å². The minimum absolute atomic E-state index is 0.0459. The predicted octanol–water partition coefficient (Wildman–Crippen LogP) is 14.2. The zero-order valence-electron chi connectivity index (χ0n) is 59.3. The fourth-order valence-electron chi connectivity index (χ4n) is 13.5. The number of nitrogens with one attached hydrogen (secondary N) is 3. The van der Waals surface area contributed by atoms with Crippen molar-refractivity contribution in [3.63, 3.8) is 0 Å². The van der Waals surface area contributed by atoms with Gasteiger partial charge in [-0.2, -0.15) is 29.8 Å². The maximum absolute atomic E-state index is 14.0. The molecule has 4 aromatic rings.